The van der Waals surface area contributed by atoms with Crippen molar-refractivity contribution in [1.29, 1.82) is 0 Å². The van der Waals surface area contributed by atoms with E-state index in [4.69, 9.17) is 0 Å². The largest absolute Gasteiger partial charge is 0.352 e. The van der Waals surface area contributed by atoms with E-state index in [1.54, 1.807) is 12.5 Å². The standard InChI is InChI=1S/C6H8N4O/c11-6-4-1-7-2-8-5(4)9-3-10-6/h1-2,5,9H,3H2,(H,7,8)(H,10,11). The van der Waals surface area contributed by atoms with Crippen molar-refractivity contribution in [2.24, 2.45) is 4.99 Å². The second-order valence-corrected chi connectivity index (χ2v) is 2.33. The number of hydrogen-bond donors (Lipinski definition) is 3. The Morgan fingerprint density at radius 3 is 3.36 bits per heavy atom. The molecule has 0 aliphatic carbocycles. The SMILES string of the molecule is O=C1NCNC2N=CNC=C12. The summed E-state index contributed by atoms with van der Waals surface area (Å²) in [5.74, 6) is -0.0573. The summed E-state index contributed by atoms with van der Waals surface area (Å²) in [6.45, 7) is 0.484. The number of hydrogen-bond acceptors (Lipinski definition) is 4. The minimum Gasteiger partial charge on any atom is -0.352 e. The van der Waals surface area contributed by atoms with Gasteiger partial charge in [0.25, 0.3) is 5.91 Å². The number of amides is 1. The van der Waals surface area contributed by atoms with Crippen molar-refractivity contribution in [3.05, 3.63) is 11.8 Å². The number of nitrogens with zero attached hydrogens (tertiary/aromatic N) is 1. The molecular formula is C6H8N4O. The van der Waals surface area contributed by atoms with Crippen molar-refractivity contribution in [2.75, 3.05) is 6.67 Å². The van der Waals surface area contributed by atoms with Crippen molar-refractivity contribution < 1.29 is 4.79 Å². The average molecular weight is 152 g/mol. The second-order valence-electron chi connectivity index (χ2n) is 2.33. The summed E-state index contributed by atoms with van der Waals surface area (Å²) < 4.78 is 0. The van der Waals surface area contributed by atoms with Gasteiger partial charge in [-0.3, -0.25) is 15.1 Å². The third kappa shape index (κ3) is 0.988. The molecule has 1 saturated heterocycles. The van der Waals surface area contributed by atoms with Crippen LogP contribution in [-0.4, -0.2) is 25.1 Å². The van der Waals surface area contributed by atoms with Crippen LogP contribution in [0.25, 0.3) is 0 Å². The van der Waals surface area contributed by atoms with E-state index in [-0.39, 0.29) is 12.1 Å². The van der Waals surface area contributed by atoms with Crippen LogP contribution in [0.1, 0.15) is 0 Å². The molecule has 2 aliphatic rings. The number of carbonyl (C=O) groups excluding carboxylic acids is 1. The lowest BCUT2D eigenvalue weighted by molar-refractivity contribution is -0.118. The van der Waals surface area contributed by atoms with Crippen LogP contribution >= 0.6 is 0 Å². The Kier molecular flexibility index (Phi) is 1.36. The van der Waals surface area contributed by atoms with Crippen LogP contribution in [0.3, 0.4) is 0 Å². The van der Waals surface area contributed by atoms with E-state index in [1.807, 2.05) is 0 Å². The molecule has 0 aromatic carbocycles. The summed E-state index contributed by atoms with van der Waals surface area (Å²) in [7, 11) is 0. The Bertz CT molecular complexity index is 245. The molecule has 1 atom stereocenters. The molecule has 0 saturated carbocycles. The van der Waals surface area contributed by atoms with Crippen molar-refractivity contribution >= 4 is 12.2 Å². The highest BCUT2D eigenvalue weighted by Crippen LogP contribution is 2.07. The second kappa shape index (κ2) is 2.35. The van der Waals surface area contributed by atoms with Crippen molar-refractivity contribution in [3.63, 3.8) is 0 Å². The van der Waals surface area contributed by atoms with E-state index in [1.165, 1.54) is 0 Å². The quantitative estimate of drug-likeness (QED) is 0.396. The third-order valence-corrected chi connectivity index (χ3v) is 1.64. The molecule has 3 N–H and O–H groups in total. The summed E-state index contributed by atoms with van der Waals surface area (Å²) in [6.07, 6.45) is 3.06. The summed E-state index contributed by atoms with van der Waals surface area (Å²) in [6, 6.07) is 0. The predicted molar refractivity (Wildman–Crippen MR) is 39.6 cm³/mol. The summed E-state index contributed by atoms with van der Waals surface area (Å²) in [5.41, 5.74) is 0.638. The number of rotatable bonds is 0. The molecule has 5 heteroatoms. The van der Waals surface area contributed by atoms with Crippen LogP contribution in [0.2, 0.25) is 0 Å². The van der Waals surface area contributed by atoms with Gasteiger partial charge in [-0.2, -0.15) is 0 Å². The molecule has 1 unspecified atom stereocenters. The Labute approximate surface area is 63.6 Å². The molecule has 58 valence electrons. The molecule has 0 spiro atoms. The zero-order chi connectivity index (χ0) is 7.68. The molecule has 11 heavy (non-hydrogen) atoms. The molecule has 1 amide bonds. The zero-order valence-electron chi connectivity index (χ0n) is 5.79. The Morgan fingerprint density at radius 1 is 1.64 bits per heavy atom. The van der Waals surface area contributed by atoms with Crippen molar-refractivity contribution in [2.45, 2.75) is 6.17 Å². The van der Waals surface area contributed by atoms with Crippen molar-refractivity contribution in [3.8, 4) is 0 Å². The normalized spacial score (nSPS) is 28.2. The maximum absolute atomic E-state index is 11.1. The fourth-order valence-corrected chi connectivity index (χ4v) is 1.09. The first-order valence-electron chi connectivity index (χ1n) is 3.37. The van der Waals surface area contributed by atoms with Gasteiger partial charge in [-0.05, 0) is 0 Å². The molecular weight excluding hydrogens is 144 g/mol. The lowest BCUT2D eigenvalue weighted by Crippen LogP contribution is -2.51. The third-order valence-electron chi connectivity index (χ3n) is 1.64. The average Bonchev–Trinajstić information content (AvgIpc) is 2.06. The molecule has 5 nitrogen and oxygen atoms in total. The monoisotopic (exact) mass is 152 g/mol. The lowest BCUT2D eigenvalue weighted by atomic mass is 10.1. The highest BCUT2D eigenvalue weighted by Gasteiger charge is 2.24. The zero-order valence-corrected chi connectivity index (χ0v) is 5.79. The van der Waals surface area contributed by atoms with E-state index in [0.717, 1.165) is 0 Å². The van der Waals surface area contributed by atoms with Crippen molar-refractivity contribution in [1.82, 2.24) is 16.0 Å². The maximum Gasteiger partial charge on any atom is 0.253 e. The summed E-state index contributed by atoms with van der Waals surface area (Å²) in [4.78, 5) is 15.1. The van der Waals surface area contributed by atoms with Gasteiger partial charge in [0.15, 0.2) is 0 Å². The van der Waals surface area contributed by atoms with Gasteiger partial charge in [0, 0.05) is 6.20 Å². The Hall–Kier alpha value is -1.36. The fraction of sp³-hybridized carbons (Fsp3) is 0.333. The van der Waals surface area contributed by atoms with Gasteiger partial charge in [0.1, 0.15) is 6.17 Å². The Balaban J connectivity index is 2.25. The van der Waals surface area contributed by atoms with Gasteiger partial charge in [-0.15, -0.1) is 0 Å². The topological polar surface area (TPSA) is 65.5 Å². The molecule has 0 radical (unpaired) electrons. The smallest absolute Gasteiger partial charge is 0.253 e. The number of nitrogens with one attached hydrogen (secondary N) is 3. The first-order chi connectivity index (χ1) is 5.38. The predicted octanol–water partition coefficient (Wildman–Crippen LogP) is -1.50. The van der Waals surface area contributed by atoms with E-state index < -0.39 is 0 Å². The van der Waals surface area contributed by atoms with Crippen LogP contribution in [0.15, 0.2) is 16.8 Å². The summed E-state index contributed by atoms with van der Waals surface area (Å²) in [5, 5.41) is 8.42. The first-order valence-corrected chi connectivity index (χ1v) is 3.37. The molecule has 0 bridgehead atoms. The van der Waals surface area contributed by atoms with Gasteiger partial charge in [-0.1, -0.05) is 0 Å². The van der Waals surface area contributed by atoms with E-state index in [0.29, 0.717) is 12.2 Å². The molecule has 2 aliphatic heterocycles. The van der Waals surface area contributed by atoms with Gasteiger partial charge in [0.2, 0.25) is 0 Å². The van der Waals surface area contributed by atoms with Gasteiger partial charge < -0.3 is 10.6 Å². The van der Waals surface area contributed by atoms with Crippen LogP contribution in [0.5, 0.6) is 0 Å². The number of aliphatic imine (C=N–C) groups is 1. The van der Waals surface area contributed by atoms with Crippen LogP contribution in [0, 0.1) is 0 Å². The van der Waals surface area contributed by atoms with Crippen LogP contribution in [0.4, 0.5) is 0 Å². The van der Waals surface area contributed by atoms with E-state index in [9.17, 15) is 4.79 Å². The number of carbonyl (C=O) groups is 1. The molecule has 2 rings (SSSR count). The van der Waals surface area contributed by atoms with Gasteiger partial charge in [-0.25, -0.2) is 0 Å². The molecule has 0 aromatic rings. The van der Waals surface area contributed by atoms with Gasteiger partial charge >= 0.3 is 0 Å². The fourth-order valence-electron chi connectivity index (χ4n) is 1.09. The Morgan fingerprint density at radius 2 is 2.55 bits per heavy atom. The highest BCUT2D eigenvalue weighted by molar-refractivity contribution is 5.96. The number of fused-ring (bicyclic) bond motifs is 1. The highest BCUT2D eigenvalue weighted by atomic mass is 16.2. The maximum atomic E-state index is 11.1. The summed E-state index contributed by atoms with van der Waals surface area (Å²) >= 11 is 0. The van der Waals surface area contributed by atoms with Crippen LogP contribution < -0.4 is 16.0 Å². The molecule has 1 fully saturated rings. The minimum absolute atomic E-state index is 0.0573. The molecule has 0 aromatic heterocycles. The van der Waals surface area contributed by atoms with Gasteiger partial charge in [0.05, 0.1) is 18.6 Å². The van der Waals surface area contributed by atoms with E-state index >= 15 is 0 Å². The van der Waals surface area contributed by atoms with E-state index in [2.05, 4.69) is 20.9 Å². The molecule has 2 heterocycles. The minimum atomic E-state index is -0.162. The van der Waals surface area contributed by atoms with Crippen LogP contribution in [-0.2, 0) is 4.79 Å². The first kappa shape index (κ1) is 6.36. The lowest BCUT2D eigenvalue weighted by Gasteiger charge is -2.25.